The van der Waals surface area contributed by atoms with Gasteiger partial charge in [-0.3, -0.25) is 14.7 Å². The van der Waals surface area contributed by atoms with E-state index in [1.165, 1.54) is 23.9 Å². The molecule has 3 N–H and O–H groups in total. The van der Waals surface area contributed by atoms with Gasteiger partial charge in [-0.25, -0.2) is 18.5 Å². The maximum absolute atomic E-state index is 12.4. The summed E-state index contributed by atoms with van der Waals surface area (Å²) in [6, 6.07) is 7.09. The fraction of sp³-hybridized carbons (Fsp3) is 0.389. The molecule has 1 atom stereocenters. The number of carbonyl (C=O) groups excluding carboxylic acids is 1. The summed E-state index contributed by atoms with van der Waals surface area (Å²) in [5.74, 6) is -0.260. The number of amides is 1. The van der Waals surface area contributed by atoms with E-state index in [0.717, 1.165) is 25.9 Å². The van der Waals surface area contributed by atoms with Gasteiger partial charge in [-0.15, -0.1) is 0 Å². The maximum Gasteiger partial charge on any atom is 0.255 e. The summed E-state index contributed by atoms with van der Waals surface area (Å²) >= 11 is 0. The summed E-state index contributed by atoms with van der Waals surface area (Å²) in [6.45, 7) is 3.95. The van der Waals surface area contributed by atoms with Gasteiger partial charge in [-0.2, -0.15) is 0 Å². The molecule has 1 fully saturated rings. The van der Waals surface area contributed by atoms with Crippen LogP contribution < -0.4 is 10.5 Å². The summed E-state index contributed by atoms with van der Waals surface area (Å²) in [7, 11) is -3.86. The van der Waals surface area contributed by atoms with Crippen LogP contribution in [0.2, 0.25) is 0 Å². The molecule has 3 heterocycles. The summed E-state index contributed by atoms with van der Waals surface area (Å²) in [5.41, 5.74) is 1.54. The van der Waals surface area contributed by atoms with E-state index in [1.807, 2.05) is 12.1 Å². The molecule has 1 unspecified atom stereocenters. The molecule has 3 rings (SSSR count). The highest BCUT2D eigenvalue weighted by molar-refractivity contribution is 7.89. The summed E-state index contributed by atoms with van der Waals surface area (Å²) in [5, 5.41) is 7.76. The van der Waals surface area contributed by atoms with Crippen molar-refractivity contribution >= 4 is 15.9 Å². The van der Waals surface area contributed by atoms with Gasteiger partial charge >= 0.3 is 0 Å². The second kappa shape index (κ2) is 8.12. The Morgan fingerprint density at radius 2 is 1.89 bits per heavy atom. The van der Waals surface area contributed by atoms with Gasteiger partial charge in [-0.1, -0.05) is 0 Å². The standard InChI is InChI=1S/C18H23N5O3S/c1-13(14-4-8-20-9-5-14)23-10-6-16(7-11-23)22-18(24)15-2-3-17(21-12-15)27(19,25)26/h2-5,8-9,12-13,16H,6-7,10-11H2,1H3,(H,22,24)(H2,19,25,26). The van der Waals surface area contributed by atoms with Crippen LogP contribution in [0.15, 0.2) is 47.9 Å². The predicted molar refractivity (Wildman–Crippen MR) is 100 cm³/mol. The average molecular weight is 389 g/mol. The lowest BCUT2D eigenvalue weighted by Gasteiger charge is -2.36. The van der Waals surface area contributed by atoms with E-state index in [1.54, 1.807) is 12.4 Å². The highest BCUT2D eigenvalue weighted by atomic mass is 32.2. The van der Waals surface area contributed by atoms with E-state index in [4.69, 9.17) is 5.14 Å². The van der Waals surface area contributed by atoms with Crippen LogP contribution in [-0.4, -0.2) is 48.3 Å². The number of rotatable bonds is 5. The normalized spacial score (nSPS) is 17.4. The molecule has 144 valence electrons. The Hall–Kier alpha value is -2.36. The van der Waals surface area contributed by atoms with Crippen LogP contribution in [0, 0.1) is 0 Å². The number of hydrogen-bond acceptors (Lipinski definition) is 6. The van der Waals surface area contributed by atoms with Crippen molar-refractivity contribution in [3.05, 3.63) is 54.0 Å². The van der Waals surface area contributed by atoms with Crippen LogP contribution in [0.25, 0.3) is 0 Å². The number of aromatic nitrogens is 2. The Morgan fingerprint density at radius 3 is 2.44 bits per heavy atom. The van der Waals surface area contributed by atoms with Gasteiger partial charge in [0.1, 0.15) is 0 Å². The molecule has 2 aromatic rings. The second-order valence-electron chi connectivity index (χ2n) is 6.67. The number of nitrogens with two attached hydrogens (primary N) is 1. The maximum atomic E-state index is 12.4. The van der Waals surface area contributed by atoms with E-state index >= 15 is 0 Å². The number of sulfonamides is 1. The largest absolute Gasteiger partial charge is 0.349 e. The molecule has 0 saturated carbocycles. The molecule has 1 saturated heterocycles. The van der Waals surface area contributed by atoms with Crippen LogP contribution in [0.5, 0.6) is 0 Å². The van der Waals surface area contributed by atoms with Crippen LogP contribution in [0.4, 0.5) is 0 Å². The van der Waals surface area contributed by atoms with Crippen LogP contribution >= 0.6 is 0 Å². The third-order valence-corrected chi connectivity index (χ3v) is 5.72. The van der Waals surface area contributed by atoms with Crippen LogP contribution in [0.1, 0.15) is 41.7 Å². The van der Waals surface area contributed by atoms with Gasteiger partial charge in [0.25, 0.3) is 15.9 Å². The zero-order valence-electron chi connectivity index (χ0n) is 15.1. The molecule has 8 nitrogen and oxygen atoms in total. The van der Waals surface area contributed by atoms with Crippen molar-refractivity contribution in [1.29, 1.82) is 0 Å². The molecule has 1 aliphatic rings. The van der Waals surface area contributed by atoms with Gasteiger partial charge in [-0.05, 0) is 49.6 Å². The molecule has 9 heteroatoms. The minimum atomic E-state index is -3.86. The zero-order chi connectivity index (χ0) is 19.4. The Morgan fingerprint density at radius 1 is 1.22 bits per heavy atom. The fourth-order valence-electron chi connectivity index (χ4n) is 3.24. The Labute approximate surface area is 158 Å². The molecule has 0 radical (unpaired) electrons. The van der Waals surface area contributed by atoms with Crippen molar-refractivity contribution in [1.82, 2.24) is 20.2 Å². The Kier molecular flexibility index (Phi) is 5.83. The van der Waals surface area contributed by atoms with Crippen molar-refractivity contribution in [2.24, 2.45) is 5.14 Å². The van der Waals surface area contributed by atoms with Crippen LogP contribution in [-0.2, 0) is 10.0 Å². The summed E-state index contributed by atoms with van der Waals surface area (Å²) < 4.78 is 22.5. The monoisotopic (exact) mass is 389 g/mol. The average Bonchev–Trinajstić information content (AvgIpc) is 2.68. The number of carbonyl (C=O) groups is 1. The van der Waals surface area contributed by atoms with Crippen molar-refractivity contribution in [3.63, 3.8) is 0 Å². The third-order valence-electron chi connectivity index (χ3n) is 4.89. The van der Waals surface area contributed by atoms with Gasteiger partial charge < -0.3 is 5.32 Å². The smallest absolute Gasteiger partial charge is 0.255 e. The lowest BCUT2D eigenvalue weighted by atomic mass is 10.0. The summed E-state index contributed by atoms with van der Waals surface area (Å²) in [6.07, 6.45) is 6.53. The first-order valence-corrected chi connectivity index (χ1v) is 10.3. The highest BCUT2D eigenvalue weighted by Gasteiger charge is 2.25. The molecule has 0 bridgehead atoms. The van der Waals surface area contributed by atoms with E-state index in [0.29, 0.717) is 11.6 Å². The Bertz CT molecular complexity index is 879. The number of likely N-dealkylation sites (tertiary alicyclic amines) is 1. The second-order valence-corrected chi connectivity index (χ2v) is 8.18. The highest BCUT2D eigenvalue weighted by Crippen LogP contribution is 2.23. The van der Waals surface area contributed by atoms with Crippen molar-refractivity contribution in [3.8, 4) is 0 Å². The van der Waals surface area contributed by atoms with Crippen LogP contribution in [0.3, 0.4) is 0 Å². The SMILES string of the molecule is CC(c1ccncc1)N1CCC(NC(=O)c2ccc(S(N)(=O)=O)nc2)CC1. The number of piperidine rings is 1. The number of nitrogens with zero attached hydrogens (tertiary/aromatic N) is 3. The number of hydrogen-bond donors (Lipinski definition) is 2. The minimum absolute atomic E-state index is 0.0799. The molecular formula is C18H23N5O3S. The van der Waals surface area contributed by atoms with Crippen molar-refractivity contribution in [2.45, 2.75) is 36.9 Å². The molecule has 0 spiro atoms. The Balaban J connectivity index is 1.54. The lowest BCUT2D eigenvalue weighted by molar-refractivity contribution is 0.0895. The predicted octanol–water partition coefficient (Wildman–Crippen LogP) is 1.08. The van der Waals surface area contributed by atoms with E-state index in [-0.39, 0.29) is 17.0 Å². The van der Waals surface area contributed by atoms with E-state index < -0.39 is 10.0 Å². The number of pyridine rings is 2. The first kappa shape index (κ1) is 19.4. The van der Waals surface area contributed by atoms with Crippen molar-refractivity contribution < 1.29 is 13.2 Å². The minimum Gasteiger partial charge on any atom is -0.349 e. The first-order chi connectivity index (χ1) is 12.8. The number of primary sulfonamides is 1. The van der Waals surface area contributed by atoms with Gasteiger partial charge in [0.05, 0.1) is 5.56 Å². The first-order valence-electron chi connectivity index (χ1n) is 8.78. The lowest BCUT2D eigenvalue weighted by Crippen LogP contribution is -2.45. The zero-order valence-corrected chi connectivity index (χ0v) is 15.9. The van der Waals surface area contributed by atoms with E-state index in [2.05, 4.69) is 27.1 Å². The molecule has 0 aliphatic carbocycles. The van der Waals surface area contributed by atoms with Gasteiger partial charge in [0.2, 0.25) is 0 Å². The number of nitrogens with one attached hydrogen (secondary N) is 1. The van der Waals surface area contributed by atoms with Gasteiger partial charge in [0, 0.05) is 43.8 Å². The quantitative estimate of drug-likeness (QED) is 0.790. The van der Waals surface area contributed by atoms with E-state index in [9.17, 15) is 13.2 Å². The topological polar surface area (TPSA) is 118 Å². The third kappa shape index (κ3) is 4.88. The fourth-order valence-corrected chi connectivity index (χ4v) is 3.69. The molecular weight excluding hydrogens is 366 g/mol. The molecule has 27 heavy (non-hydrogen) atoms. The molecule has 1 amide bonds. The summed E-state index contributed by atoms with van der Waals surface area (Å²) in [4.78, 5) is 22.5. The van der Waals surface area contributed by atoms with Gasteiger partial charge in [0.15, 0.2) is 5.03 Å². The molecule has 1 aliphatic heterocycles. The van der Waals surface area contributed by atoms with Crippen molar-refractivity contribution in [2.75, 3.05) is 13.1 Å². The molecule has 0 aromatic carbocycles. The molecule has 2 aromatic heterocycles.